The highest BCUT2D eigenvalue weighted by atomic mass is 32.1. The minimum Gasteiger partial charge on any atom is -0.381 e. The summed E-state index contributed by atoms with van der Waals surface area (Å²) in [6, 6.07) is 0. The van der Waals surface area contributed by atoms with Gasteiger partial charge in [0.2, 0.25) is 0 Å². The van der Waals surface area contributed by atoms with Crippen molar-refractivity contribution in [2.45, 2.75) is 19.3 Å². The molecule has 1 saturated heterocycles. The Hall–Kier alpha value is -0.740. The highest BCUT2D eigenvalue weighted by Crippen LogP contribution is 2.21. The molecular formula is C10H13NO2S. The molecule has 1 aliphatic heterocycles. The zero-order valence-corrected chi connectivity index (χ0v) is 8.76. The largest absolute Gasteiger partial charge is 0.381 e. The SMILES string of the molecule is O=Cc1csc(CC2CCOCC2)n1. The fraction of sp³-hybridized carbons (Fsp3) is 0.600. The van der Waals surface area contributed by atoms with Crippen LogP contribution in [0, 0.1) is 5.92 Å². The lowest BCUT2D eigenvalue weighted by molar-refractivity contribution is 0.0665. The molecule has 1 aromatic rings. The summed E-state index contributed by atoms with van der Waals surface area (Å²) in [4.78, 5) is 14.7. The lowest BCUT2D eigenvalue weighted by Crippen LogP contribution is -2.17. The molecule has 0 unspecified atom stereocenters. The first kappa shape index (κ1) is 9.80. The summed E-state index contributed by atoms with van der Waals surface area (Å²) in [5.74, 6) is 0.689. The fourth-order valence-electron chi connectivity index (χ4n) is 1.67. The van der Waals surface area contributed by atoms with E-state index < -0.39 is 0 Å². The Morgan fingerprint density at radius 2 is 2.36 bits per heavy atom. The van der Waals surface area contributed by atoms with E-state index in [1.807, 2.05) is 5.38 Å². The molecule has 3 nitrogen and oxygen atoms in total. The van der Waals surface area contributed by atoms with Crippen molar-refractivity contribution in [3.05, 3.63) is 16.1 Å². The minimum atomic E-state index is 0.567. The van der Waals surface area contributed by atoms with Crippen LogP contribution in [0.3, 0.4) is 0 Å². The molecule has 2 rings (SSSR count). The van der Waals surface area contributed by atoms with Gasteiger partial charge in [0, 0.05) is 25.0 Å². The van der Waals surface area contributed by atoms with Gasteiger partial charge in [-0.1, -0.05) is 0 Å². The van der Waals surface area contributed by atoms with E-state index in [9.17, 15) is 4.79 Å². The van der Waals surface area contributed by atoms with E-state index in [4.69, 9.17) is 4.74 Å². The number of carbonyl (C=O) groups is 1. The zero-order valence-electron chi connectivity index (χ0n) is 7.94. The first-order chi connectivity index (χ1) is 6.88. The van der Waals surface area contributed by atoms with Gasteiger partial charge in [0.15, 0.2) is 6.29 Å². The summed E-state index contributed by atoms with van der Waals surface area (Å²) in [6.45, 7) is 1.74. The predicted octanol–water partition coefficient (Wildman–Crippen LogP) is 1.92. The van der Waals surface area contributed by atoms with Crippen molar-refractivity contribution in [1.29, 1.82) is 0 Å². The summed E-state index contributed by atoms with van der Waals surface area (Å²) in [5, 5.41) is 2.90. The molecule has 0 aliphatic carbocycles. The maximum absolute atomic E-state index is 10.4. The topological polar surface area (TPSA) is 39.2 Å². The van der Waals surface area contributed by atoms with E-state index in [-0.39, 0.29) is 0 Å². The van der Waals surface area contributed by atoms with E-state index in [0.29, 0.717) is 11.6 Å². The normalized spacial score (nSPS) is 18.3. The van der Waals surface area contributed by atoms with Crippen molar-refractivity contribution >= 4 is 17.6 Å². The third-order valence-electron chi connectivity index (χ3n) is 2.49. The number of aldehydes is 1. The Balaban J connectivity index is 1.92. The van der Waals surface area contributed by atoms with Gasteiger partial charge >= 0.3 is 0 Å². The van der Waals surface area contributed by atoms with Crippen LogP contribution in [0.1, 0.15) is 28.3 Å². The molecule has 0 bridgehead atoms. The van der Waals surface area contributed by atoms with E-state index >= 15 is 0 Å². The maximum atomic E-state index is 10.4. The fourth-order valence-corrected chi connectivity index (χ4v) is 2.53. The Bertz CT molecular complexity index is 305. The number of nitrogens with zero attached hydrogens (tertiary/aromatic N) is 1. The van der Waals surface area contributed by atoms with Crippen molar-refractivity contribution in [3.63, 3.8) is 0 Å². The first-order valence-electron chi connectivity index (χ1n) is 4.86. The molecule has 76 valence electrons. The number of aromatic nitrogens is 1. The second-order valence-electron chi connectivity index (χ2n) is 3.54. The highest BCUT2D eigenvalue weighted by Gasteiger charge is 2.15. The van der Waals surface area contributed by atoms with E-state index in [0.717, 1.165) is 43.8 Å². The molecule has 0 saturated carbocycles. The van der Waals surface area contributed by atoms with Crippen LogP contribution in [0.15, 0.2) is 5.38 Å². The number of hydrogen-bond donors (Lipinski definition) is 0. The summed E-state index contributed by atoms with van der Waals surface area (Å²) in [7, 11) is 0. The van der Waals surface area contributed by atoms with Gasteiger partial charge in [-0.2, -0.15) is 0 Å². The third-order valence-corrected chi connectivity index (χ3v) is 3.38. The number of ether oxygens (including phenoxy) is 1. The lowest BCUT2D eigenvalue weighted by Gasteiger charge is -2.20. The molecule has 0 amide bonds. The molecule has 0 atom stereocenters. The van der Waals surface area contributed by atoms with Gasteiger partial charge in [0.25, 0.3) is 0 Å². The molecule has 2 heterocycles. The maximum Gasteiger partial charge on any atom is 0.169 e. The van der Waals surface area contributed by atoms with Crippen molar-refractivity contribution in [1.82, 2.24) is 4.98 Å². The molecule has 0 spiro atoms. The van der Waals surface area contributed by atoms with E-state index in [1.165, 1.54) is 0 Å². The Morgan fingerprint density at radius 3 is 3.00 bits per heavy atom. The first-order valence-corrected chi connectivity index (χ1v) is 5.74. The Kier molecular flexibility index (Phi) is 3.26. The Labute approximate surface area is 87.1 Å². The van der Waals surface area contributed by atoms with Crippen molar-refractivity contribution in [2.75, 3.05) is 13.2 Å². The molecule has 0 N–H and O–H groups in total. The summed E-state index contributed by atoms with van der Waals surface area (Å²) in [6.07, 6.45) is 4.05. The van der Waals surface area contributed by atoms with Gasteiger partial charge in [-0.05, 0) is 18.8 Å². The number of thiazole rings is 1. The number of rotatable bonds is 3. The predicted molar refractivity (Wildman–Crippen MR) is 54.7 cm³/mol. The van der Waals surface area contributed by atoms with Crippen LogP contribution in [0.4, 0.5) is 0 Å². The molecule has 0 radical (unpaired) electrons. The van der Waals surface area contributed by atoms with Crippen LogP contribution >= 0.6 is 11.3 Å². The van der Waals surface area contributed by atoms with Crippen LogP contribution in [0.2, 0.25) is 0 Å². The quantitative estimate of drug-likeness (QED) is 0.717. The van der Waals surface area contributed by atoms with Gasteiger partial charge in [-0.15, -0.1) is 11.3 Å². The summed E-state index contributed by atoms with van der Waals surface area (Å²) >= 11 is 1.58. The van der Waals surface area contributed by atoms with Crippen LogP contribution in [0.5, 0.6) is 0 Å². The minimum absolute atomic E-state index is 0.567. The Morgan fingerprint density at radius 1 is 1.57 bits per heavy atom. The van der Waals surface area contributed by atoms with E-state index in [1.54, 1.807) is 11.3 Å². The number of hydrogen-bond acceptors (Lipinski definition) is 4. The van der Waals surface area contributed by atoms with Gasteiger partial charge < -0.3 is 4.74 Å². The molecule has 1 fully saturated rings. The van der Waals surface area contributed by atoms with Gasteiger partial charge in [0.05, 0.1) is 5.01 Å². The van der Waals surface area contributed by atoms with Crippen molar-refractivity contribution in [3.8, 4) is 0 Å². The second kappa shape index (κ2) is 4.66. The zero-order chi connectivity index (χ0) is 9.80. The molecular weight excluding hydrogens is 198 g/mol. The molecule has 4 heteroatoms. The van der Waals surface area contributed by atoms with Crippen LogP contribution < -0.4 is 0 Å². The van der Waals surface area contributed by atoms with Crippen molar-refractivity contribution in [2.24, 2.45) is 5.92 Å². The molecule has 14 heavy (non-hydrogen) atoms. The summed E-state index contributed by atoms with van der Waals surface area (Å²) in [5.41, 5.74) is 0.567. The average Bonchev–Trinajstić information content (AvgIpc) is 2.67. The van der Waals surface area contributed by atoms with Crippen LogP contribution in [-0.4, -0.2) is 24.5 Å². The van der Waals surface area contributed by atoms with Crippen LogP contribution in [0.25, 0.3) is 0 Å². The monoisotopic (exact) mass is 211 g/mol. The smallest absolute Gasteiger partial charge is 0.169 e. The number of carbonyl (C=O) groups excluding carboxylic acids is 1. The standard InChI is InChI=1S/C10H13NO2S/c12-6-9-7-14-10(11-9)5-8-1-3-13-4-2-8/h6-8H,1-5H2. The average molecular weight is 211 g/mol. The third kappa shape index (κ3) is 2.39. The van der Waals surface area contributed by atoms with Crippen LogP contribution in [-0.2, 0) is 11.2 Å². The molecule has 1 aliphatic rings. The van der Waals surface area contributed by atoms with E-state index in [2.05, 4.69) is 4.98 Å². The molecule has 1 aromatic heterocycles. The second-order valence-corrected chi connectivity index (χ2v) is 4.49. The molecule has 0 aromatic carbocycles. The van der Waals surface area contributed by atoms with Gasteiger partial charge in [-0.3, -0.25) is 4.79 Å². The highest BCUT2D eigenvalue weighted by molar-refractivity contribution is 7.09. The summed E-state index contributed by atoms with van der Waals surface area (Å²) < 4.78 is 5.29. The van der Waals surface area contributed by atoms with Gasteiger partial charge in [-0.25, -0.2) is 4.98 Å². The lowest BCUT2D eigenvalue weighted by atomic mass is 9.97. The van der Waals surface area contributed by atoms with Crippen molar-refractivity contribution < 1.29 is 9.53 Å². The van der Waals surface area contributed by atoms with Gasteiger partial charge in [0.1, 0.15) is 5.69 Å².